The van der Waals surface area contributed by atoms with Gasteiger partial charge in [0, 0.05) is 0 Å². The van der Waals surface area contributed by atoms with Crippen molar-refractivity contribution < 1.29 is 0 Å². The molecule has 0 aliphatic heterocycles. The standard InChI is InChI=1S/C13H17ClN2/c1-9(2)6-7-10-4-3-5-11-13(10)16-12(8-14)15-11/h3-5,9H,6-8H2,1-2H3,(H,15,16). The van der Waals surface area contributed by atoms with Crippen LogP contribution < -0.4 is 0 Å². The second kappa shape index (κ2) is 4.88. The van der Waals surface area contributed by atoms with Crippen molar-refractivity contribution in [1.82, 2.24) is 9.97 Å². The number of aromatic amines is 1. The van der Waals surface area contributed by atoms with Crippen LogP contribution >= 0.6 is 11.6 Å². The van der Waals surface area contributed by atoms with Gasteiger partial charge in [0.15, 0.2) is 0 Å². The Morgan fingerprint density at radius 3 is 2.88 bits per heavy atom. The van der Waals surface area contributed by atoms with E-state index in [-0.39, 0.29) is 0 Å². The molecule has 0 fully saturated rings. The summed E-state index contributed by atoms with van der Waals surface area (Å²) in [5.74, 6) is 2.02. The molecule has 0 aliphatic rings. The first kappa shape index (κ1) is 11.5. The zero-order chi connectivity index (χ0) is 11.5. The molecule has 0 amide bonds. The largest absolute Gasteiger partial charge is 0.341 e. The first-order chi connectivity index (χ1) is 7.70. The molecule has 3 heteroatoms. The van der Waals surface area contributed by atoms with Gasteiger partial charge >= 0.3 is 0 Å². The van der Waals surface area contributed by atoms with Crippen LogP contribution in [0.25, 0.3) is 11.0 Å². The van der Waals surface area contributed by atoms with E-state index in [4.69, 9.17) is 11.6 Å². The summed E-state index contributed by atoms with van der Waals surface area (Å²) in [7, 11) is 0. The molecule has 2 rings (SSSR count). The van der Waals surface area contributed by atoms with E-state index in [0.717, 1.165) is 29.2 Å². The highest BCUT2D eigenvalue weighted by Gasteiger charge is 2.07. The van der Waals surface area contributed by atoms with Gasteiger partial charge in [-0.25, -0.2) is 4.98 Å². The molecule has 1 aromatic carbocycles. The summed E-state index contributed by atoms with van der Waals surface area (Å²) in [6, 6.07) is 6.29. The molecule has 0 unspecified atom stereocenters. The number of rotatable bonds is 4. The van der Waals surface area contributed by atoms with E-state index in [1.165, 1.54) is 12.0 Å². The lowest BCUT2D eigenvalue weighted by atomic mass is 10.0. The van der Waals surface area contributed by atoms with Crippen LogP contribution in [0.4, 0.5) is 0 Å². The minimum Gasteiger partial charge on any atom is -0.341 e. The Hall–Kier alpha value is -1.02. The molecule has 2 nitrogen and oxygen atoms in total. The number of imidazole rings is 1. The van der Waals surface area contributed by atoms with Gasteiger partial charge in [-0.05, 0) is 30.4 Å². The highest BCUT2D eigenvalue weighted by molar-refractivity contribution is 6.16. The third kappa shape index (κ3) is 2.38. The van der Waals surface area contributed by atoms with Gasteiger partial charge in [0.25, 0.3) is 0 Å². The van der Waals surface area contributed by atoms with Crippen LogP contribution in [0, 0.1) is 5.92 Å². The smallest absolute Gasteiger partial charge is 0.122 e. The number of aromatic nitrogens is 2. The normalized spacial score (nSPS) is 11.5. The van der Waals surface area contributed by atoms with E-state index in [9.17, 15) is 0 Å². The predicted molar refractivity (Wildman–Crippen MR) is 68.8 cm³/mol. The van der Waals surface area contributed by atoms with Gasteiger partial charge < -0.3 is 4.98 Å². The molecular weight excluding hydrogens is 220 g/mol. The summed E-state index contributed by atoms with van der Waals surface area (Å²) in [4.78, 5) is 7.75. The van der Waals surface area contributed by atoms with Crippen molar-refractivity contribution in [3.05, 3.63) is 29.6 Å². The van der Waals surface area contributed by atoms with E-state index in [2.05, 4.69) is 42.0 Å². The fourth-order valence-electron chi connectivity index (χ4n) is 1.85. The summed E-state index contributed by atoms with van der Waals surface area (Å²) >= 11 is 5.78. The van der Waals surface area contributed by atoms with Gasteiger partial charge in [-0.15, -0.1) is 11.6 Å². The van der Waals surface area contributed by atoms with Gasteiger partial charge in [-0.2, -0.15) is 0 Å². The number of H-pyrrole nitrogens is 1. The molecule has 16 heavy (non-hydrogen) atoms. The number of nitrogens with zero attached hydrogens (tertiary/aromatic N) is 1. The zero-order valence-corrected chi connectivity index (χ0v) is 10.5. The molecular formula is C13H17ClN2. The highest BCUT2D eigenvalue weighted by atomic mass is 35.5. The van der Waals surface area contributed by atoms with Crippen molar-refractivity contribution in [2.24, 2.45) is 5.92 Å². The number of aryl methyl sites for hydroxylation is 1. The summed E-state index contributed by atoms with van der Waals surface area (Å²) in [6.45, 7) is 4.49. The molecule has 0 saturated carbocycles. The van der Waals surface area contributed by atoms with Crippen LogP contribution in [-0.2, 0) is 12.3 Å². The monoisotopic (exact) mass is 236 g/mol. The lowest BCUT2D eigenvalue weighted by Crippen LogP contribution is -1.93. The Balaban J connectivity index is 2.33. The number of para-hydroxylation sites is 1. The van der Waals surface area contributed by atoms with Gasteiger partial charge in [0.1, 0.15) is 5.82 Å². The second-order valence-electron chi connectivity index (χ2n) is 4.56. The molecule has 0 spiro atoms. The average molecular weight is 237 g/mol. The Kier molecular flexibility index (Phi) is 3.49. The highest BCUT2D eigenvalue weighted by Crippen LogP contribution is 2.19. The molecule has 0 radical (unpaired) electrons. The van der Waals surface area contributed by atoms with Gasteiger partial charge in [-0.1, -0.05) is 26.0 Å². The number of nitrogens with one attached hydrogen (secondary N) is 1. The molecule has 0 saturated heterocycles. The van der Waals surface area contributed by atoms with Crippen LogP contribution in [0.3, 0.4) is 0 Å². The van der Waals surface area contributed by atoms with Crippen molar-refractivity contribution in [2.45, 2.75) is 32.6 Å². The fraction of sp³-hybridized carbons (Fsp3) is 0.462. The molecule has 0 atom stereocenters. The molecule has 1 N–H and O–H groups in total. The maximum absolute atomic E-state index is 5.78. The average Bonchev–Trinajstić information content (AvgIpc) is 2.69. The third-order valence-corrected chi connectivity index (χ3v) is 3.02. The summed E-state index contributed by atoms with van der Waals surface area (Å²) < 4.78 is 0. The number of hydrogen-bond acceptors (Lipinski definition) is 1. The summed E-state index contributed by atoms with van der Waals surface area (Å²) in [5, 5.41) is 0. The Labute approximate surface area is 101 Å². The number of alkyl halides is 1. The van der Waals surface area contributed by atoms with Crippen LogP contribution in [0.15, 0.2) is 18.2 Å². The fourth-order valence-corrected chi connectivity index (χ4v) is 1.98. The van der Waals surface area contributed by atoms with Gasteiger partial charge in [0.05, 0.1) is 16.9 Å². The second-order valence-corrected chi connectivity index (χ2v) is 4.83. The summed E-state index contributed by atoms with van der Waals surface area (Å²) in [5.41, 5.74) is 3.49. The first-order valence-electron chi connectivity index (χ1n) is 5.73. The molecule has 0 aliphatic carbocycles. The minimum absolute atomic E-state index is 0.443. The van der Waals surface area contributed by atoms with Crippen LogP contribution in [-0.4, -0.2) is 9.97 Å². The molecule has 1 aromatic heterocycles. The van der Waals surface area contributed by atoms with Crippen LogP contribution in [0.5, 0.6) is 0 Å². The number of halogens is 1. The Bertz CT molecular complexity index is 474. The quantitative estimate of drug-likeness (QED) is 0.802. The van der Waals surface area contributed by atoms with Gasteiger partial charge in [-0.3, -0.25) is 0 Å². The zero-order valence-electron chi connectivity index (χ0n) is 9.76. The predicted octanol–water partition coefficient (Wildman–Crippen LogP) is 3.89. The number of hydrogen-bond donors (Lipinski definition) is 1. The van der Waals surface area contributed by atoms with Crippen molar-refractivity contribution in [3.63, 3.8) is 0 Å². The van der Waals surface area contributed by atoms with Crippen molar-refractivity contribution in [2.75, 3.05) is 0 Å². The number of benzene rings is 1. The van der Waals surface area contributed by atoms with Gasteiger partial charge in [0.2, 0.25) is 0 Å². The minimum atomic E-state index is 0.443. The summed E-state index contributed by atoms with van der Waals surface area (Å²) in [6.07, 6.45) is 2.28. The van der Waals surface area contributed by atoms with E-state index in [0.29, 0.717) is 5.88 Å². The maximum atomic E-state index is 5.78. The first-order valence-corrected chi connectivity index (χ1v) is 6.26. The van der Waals surface area contributed by atoms with E-state index in [1.807, 2.05) is 0 Å². The Morgan fingerprint density at radius 1 is 1.38 bits per heavy atom. The third-order valence-electron chi connectivity index (χ3n) is 2.76. The lowest BCUT2D eigenvalue weighted by molar-refractivity contribution is 0.588. The molecule has 0 bridgehead atoms. The van der Waals surface area contributed by atoms with Crippen LogP contribution in [0.2, 0.25) is 0 Å². The van der Waals surface area contributed by atoms with E-state index in [1.54, 1.807) is 0 Å². The van der Waals surface area contributed by atoms with Crippen molar-refractivity contribution in [1.29, 1.82) is 0 Å². The molecule has 2 aromatic rings. The molecule has 1 heterocycles. The Morgan fingerprint density at radius 2 is 2.19 bits per heavy atom. The van der Waals surface area contributed by atoms with Crippen molar-refractivity contribution in [3.8, 4) is 0 Å². The topological polar surface area (TPSA) is 28.7 Å². The SMILES string of the molecule is CC(C)CCc1cccc2[nH]c(CCl)nc12. The number of fused-ring (bicyclic) bond motifs is 1. The maximum Gasteiger partial charge on any atom is 0.122 e. The van der Waals surface area contributed by atoms with E-state index < -0.39 is 0 Å². The lowest BCUT2D eigenvalue weighted by Gasteiger charge is -2.04. The molecule has 86 valence electrons. The van der Waals surface area contributed by atoms with Crippen LogP contribution in [0.1, 0.15) is 31.7 Å². The van der Waals surface area contributed by atoms with Crippen molar-refractivity contribution >= 4 is 22.6 Å². The van der Waals surface area contributed by atoms with E-state index >= 15 is 0 Å².